The summed E-state index contributed by atoms with van der Waals surface area (Å²) in [6.07, 6.45) is -0.112. The highest BCUT2D eigenvalue weighted by atomic mass is 35.5. The molecule has 2 aliphatic heterocycles. The van der Waals surface area contributed by atoms with Crippen molar-refractivity contribution in [2.24, 2.45) is 0 Å². The monoisotopic (exact) mass is 838 g/mol. The molecule has 0 spiro atoms. The van der Waals surface area contributed by atoms with Gasteiger partial charge in [-0.3, -0.25) is 19.4 Å². The zero-order chi connectivity index (χ0) is 41.7. The van der Waals surface area contributed by atoms with Crippen LogP contribution >= 0.6 is 23.2 Å². The minimum Gasteiger partial charge on any atom is -0.481 e. The van der Waals surface area contributed by atoms with Crippen LogP contribution in [0, 0.1) is 13.8 Å². The fourth-order valence-corrected chi connectivity index (χ4v) is 8.10. The number of carboxylic acids is 2. The highest BCUT2D eigenvalue weighted by molar-refractivity contribution is 6.32. The lowest BCUT2D eigenvalue weighted by atomic mass is 9.92. The zero-order valence-corrected chi connectivity index (χ0v) is 34.3. The van der Waals surface area contributed by atoms with Gasteiger partial charge in [0.2, 0.25) is 23.5 Å². The quantitative estimate of drug-likeness (QED) is 0.108. The van der Waals surface area contributed by atoms with Gasteiger partial charge in [0.05, 0.1) is 26.4 Å². The van der Waals surface area contributed by atoms with Crippen LogP contribution in [0.2, 0.25) is 10.0 Å². The number of piperidine rings is 2. The average Bonchev–Trinajstić information content (AvgIpc) is 3.19. The number of methoxy groups -OCH3 is 2. The maximum Gasteiger partial charge on any atom is 0.321 e. The molecule has 0 amide bonds. The third-order valence-electron chi connectivity index (χ3n) is 11.0. The molecule has 4 unspecified atom stereocenters. The number of likely N-dealkylation sites (tertiary alicyclic amines) is 2. The van der Waals surface area contributed by atoms with Crippen molar-refractivity contribution in [3.63, 3.8) is 0 Å². The molecule has 0 aliphatic carbocycles. The van der Waals surface area contributed by atoms with Gasteiger partial charge in [0.15, 0.2) is 0 Å². The van der Waals surface area contributed by atoms with Crippen molar-refractivity contribution in [1.29, 1.82) is 0 Å². The van der Waals surface area contributed by atoms with Gasteiger partial charge in [-0.25, -0.2) is 0 Å². The molecule has 6 rings (SSSR count). The van der Waals surface area contributed by atoms with Gasteiger partial charge in [0.25, 0.3) is 0 Å². The van der Waals surface area contributed by atoms with Gasteiger partial charge in [-0.15, -0.1) is 0 Å². The summed E-state index contributed by atoms with van der Waals surface area (Å²) in [4.78, 5) is 36.4. The Labute approximate surface area is 346 Å². The molecule has 0 bridgehead atoms. The first kappa shape index (κ1) is 42.9. The van der Waals surface area contributed by atoms with Gasteiger partial charge in [0, 0.05) is 37.3 Å². The fraction of sp³-hybridized carbons (Fsp3) is 0.429. The van der Waals surface area contributed by atoms with Gasteiger partial charge >= 0.3 is 11.9 Å². The summed E-state index contributed by atoms with van der Waals surface area (Å²) < 4.78 is 23.4. The van der Waals surface area contributed by atoms with Crippen LogP contribution in [0.25, 0.3) is 11.1 Å². The molecule has 14 nitrogen and oxygen atoms in total. The molecule has 58 heavy (non-hydrogen) atoms. The second-order valence-corrected chi connectivity index (χ2v) is 15.5. The topological polar surface area (TPSA) is 184 Å². The largest absolute Gasteiger partial charge is 0.481 e. The first-order valence-electron chi connectivity index (χ1n) is 19.0. The summed E-state index contributed by atoms with van der Waals surface area (Å²) in [5, 5.41) is 40.0. The molecule has 2 aliphatic rings. The summed E-state index contributed by atoms with van der Waals surface area (Å²) in [6.45, 7) is 5.65. The molecule has 310 valence electrons. The van der Waals surface area contributed by atoms with Crippen LogP contribution in [0.15, 0.2) is 48.5 Å². The summed E-state index contributed by atoms with van der Waals surface area (Å²) in [6, 6.07) is 13.6. The minimum absolute atomic E-state index is 0.139. The fourth-order valence-electron chi connectivity index (χ4n) is 7.65. The highest BCUT2D eigenvalue weighted by Crippen LogP contribution is 2.36. The number of halogens is 2. The number of pyridine rings is 2. The molecule has 16 heteroatoms. The van der Waals surface area contributed by atoms with E-state index in [1.165, 1.54) is 14.2 Å². The Hall–Kier alpha value is -4.70. The standard InChI is InChI=1S/C42H48Cl2N4O10/c1-23-25(21-57-39-33(43)15-27(37(45-39)55-3)19-47-13-11-29(49)17-35(47)41(51)52)7-5-9-31(23)32-10-6-8-26(24(32)2)22-58-40-34(44)16-28(38(46-40)56-4)20-48-14-12-30(50)18-36(48)42(53)54/h5-10,15-16,29-30,35-36,49-50H,11-14,17-22H2,1-4H3,(H,51,52)(H,53,54). The maximum absolute atomic E-state index is 11.9. The molecule has 0 saturated carbocycles. The number of hydrogen-bond donors (Lipinski definition) is 4. The average molecular weight is 840 g/mol. The van der Waals surface area contributed by atoms with Crippen LogP contribution in [-0.2, 0) is 35.9 Å². The number of benzene rings is 2. The van der Waals surface area contributed by atoms with E-state index >= 15 is 0 Å². The second kappa shape index (κ2) is 18.9. The molecule has 2 fully saturated rings. The van der Waals surface area contributed by atoms with E-state index in [0.29, 0.717) is 37.1 Å². The number of aliphatic hydroxyl groups is 2. The lowest BCUT2D eigenvalue weighted by Crippen LogP contribution is -2.48. The molecular formula is C42H48Cl2N4O10. The molecule has 4 heterocycles. The van der Waals surface area contributed by atoms with Gasteiger partial charge in [-0.05, 0) is 85.0 Å². The lowest BCUT2D eigenvalue weighted by molar-refractivity contribution is -0.147. The van der Waals surface area contributed by atoms with Crippen LogP contribution in [0.4, 0.5) is 0 Å². The van der Waals surface area contributed by atoms with Crippen molar-refractivity contribution in [3.8, 4) is 34.6 Å². The summed E-state index contributed by atoms with van der Waals surface area (Å²) in [5.41, 5.74) is 7.03. The Morgan fingerprint density at radius 3 is 1.43 bits per heavy atom. The number of aromatic nitrogens is 2. The van der Waals surface area contributed by atoms with E-state index in [2.05, 4.69) is 9.97 Å². The normalized spacial score (nSPS) is 20.1. The van der Waals surface area contributed by atoms with Crippen molar-refractivity contribution in [1.82, 2.24) is 19.8 Å². The molecule has 2 aromatic carbocycles. The number of hydrogen-bond acceptors (Lipinski definition) is 12. The third kappa shape index (κ3) is 9.76. The van der Waals surface area contributed by atoms with Crippen molar-refractivity contribution in [3.05, 3.63) is 92.0 Å². The molecule has 4 atom stereocenters. The molecule has 4 aromatic rings. The zero-order valence-electron chi connectivity index (χ0n) is 32.8. The number of carboxylic acid groups (broad SMARTS) is 2. The van der Waals surface area contributed by atoms with E-state index in [1.54, 1.807) is 21.9 Å². The Morgan fingerprint density at radius 2 is 1.07 bits per heavy atom. The first-order chi connectivity index (χ1) is 27.8. The molecule has 2 saturated heterocycles. The van der Waals surface area contributed by atoms with E-state index in [-0.39, 0.29) is 72.7 Å². The number of aliphatic carboxylic acids is 2. The third-order valence-corrected chi connectivity index (χ3v) is 11.5. The number of carbonyl (C=O) groups is 2. The van der Waals surface area contributed by atoms with Crippen molar-refractivity contribution in [2.45, 2.75) is 90.1 Å². The van der Waals surface area contributed by atoms with E-state index in [4.69, 9.17) is 42.1 Å². The van der Waals surface area contributed by atoms with Crippen molar-refractivity contribution in [2.75, 3.05) is 27.3 Å². The van der Waals surface area contributed by atoms with Gasteiger partial charge in [0.1, 0.15) is 35.3 Å². The van der Waals surface area contributed by atoms with Gasteiger partial charge < -0.3 is 39.4 Å². The van der Waals surface area contributed by atoms with E-state index in [1.807, 2.05) is 50.2 Å². The summed E-state index contributed by atoms with van der Waals surface area (Å²) in [7, 11) is 2.96. The summed E-state index contributed by atoms with van der Waals surface area (Å²) in [5.74, 6) is -1.09. The predicted octanol–water partition coefficient (Wildman–Crippen LogP) is 6.06. The number of rotatable bonds is 15. The second-order valence-electron chi connectivity index (χ2n) is 14.6. The lowest BCUT2D eigenvalue weighted by Gasteiger charge is -2.35. The molecule has 4 N–H and O–H groups in total. The molecule has 2 aromatic heterocycles. The van der Waals surface area contributed by atoms with E-state index < -0.39 is 36.2 Å². The number of nitrogens with zero attached hydrogens (tertiary/aromatic N) is 4. The smallest absolute Gasteiger partial charge is 0.321 e. The van der Waals surface area contributed by atoms with Crippen LogP contribution < -0.4 is 18.9 Å². The summed E-state index contributed by atoms with van der Waals surface area (Å²) >= 11 is 13.3. The molecule has 0 radical (unpaired) electrons. The number of aliphatic hydroxyl groups excluding tert-OH is 2. The Bertz CT molecular complexity index is 1990. The van der Waals surface area contributed by atoms with Crippen LogP contribution in [0.5, 0.6) is 23.5 Å². The van der Waals surface area contributed by atoms with Crippen LogP contribution in [0.1, 0.15) is 59.1 Å². The van der Waals surface area contributed by atoms with E-state index in [0.717, 1.165) is 33.4 Å². The maximum atomic E-state index is 11.9. The van der Waals surface area contributed by atoms with Crippen LogP contribution in [0.3, 0.4) is 0 Å². The number of ether oxygens (including phenoxy) is 4. The van der Waals surface area contributed by atoms with Crippen molar-refractivity contribution < 1.29 is 49.0 Å². The van der Waals surface area contributed by atoms with Gasteiger partial charge in [-0.2, -0.15) is 9.97 Å². The van der Waals surface area contributed by atoms with E-state index in [9.17, 15) is 30.0 Å². The Morgan fingerprint density at radius 1 is 0.672 bits per heavy atom. The first-order valence-corrected chi connectivity index (χ1v) is 19.7. The predicted molar refractivity (Wildman–Crippen MR) is 216 cm³/mol. The minimum atomic E-state index is -0.998. The Balaban J connectivity index is 1.14. The Kier molecular flexibility index (Phi) is 14.0. The van der Waals surface area contributed by atoms with Gasteiger partial charge in [-0.1, -0.05) is 59.6 Å². The van der Waals surface area contributed by atoms with Crippen LogP contribution in [-0.4, -0.2) is 104 Å². The van der Waals surface area contributed by atoms with Crippen molar-refractivity contribution >= 4 is 35.1 Å². The molecular weight excluding hydrogens is 791 g/mol. The SMILES string of the molecule is COc1nc(OCc2cccc(-c3cccc(COc4nc(OC)c(CN5CCC(O)CC5C(=O)O)cc4Cl)c3C)c2C)c(Cl)cc1CN1CCC(O)CC1C(=O)O. The highest BCUT2D eigenvalue weighted by Gasteiger charge is 2.35.